The van der Waals surface area contributed by atoms with Gasteiger partial charge in [0.1, 0.15) is 6.42 Å². The van der Waals surface area contributed by atoms with Gasteiger partial charge in [0.05, 0.1) is 21.8 Å². The summed E-state index contributed by atoms with van der Waals surface area (Å²) in [7, 11) is 0. The highest BCUT2D eigenvalue weighted by molar-refractivity contribution is 7.11. The Labute approximate surface area is 135 Å². The number of hydrogen-bond acceptors (Lipinski definition) is 3. The summed E-state index contributed by atoms with van der Waals surface area (Å²) in [5, 5.41) is 7.46. The molecule has 1 aromatic carbocycles. The Kier molecular flexibility index (Phi) is 3.89. The first-order chi connectivity index (χ1) is 10.0. The molecule has 1 unspecified atom stereocenters. The molecule has 2 amide bonds. The van der Waals surface area contributed by atoms with E-state index in [1.165, 1.54) is 11.3 Å². The van der Waals surface area contributed by atoms with Gasteiger partial charge in [0, 0.05) is 4.88 Å². The average molecular weight is 341 g/mol. The van der Waals surface area contributed by atoms with Crippen molar-refractivity contribution in [1.82, 2.24) is 0 Å². The van der Waals surface area contributed by atoms with Crippen molar-refractivity contribution >= 4 is 57.7 Å². The largest absolute Gasteiger partial charge is 0.324 e. The maximum Gasteiger partial charge on any atom is 0.233 e. The van der Waals surface area contributed by atoms with Crippen molar-refractivity contribution in [2.24, 2.45) is 0 Å². The highest BCUT2D eigenvalue weighted by Gasteiger charge is 2.21. The van der Waals surface area contributed by atoms with Crippen molar-refractivity contribution in [3.05, 3.63) is 45.1 Å². The number of carbonyl (C=O) groups is 2. The van der Waals surface area contributed by atoms with E-state index in [4.69, 9.17) is 23.2 Å². The van der Waals surface area contributed by atoms with E-state index in [0.717, 1.165) is 10.4 Å². The van der Waals surface area contributed by atoms with Crippen LogP contribution in [0.4, 0.5) is 11.4 Å². The van der Waals surface area contributed by atoms with Gasteiger partial charge in [0.2, 0.25) is 11.8 Å². The highest BCUT2D eigenvalue weighted by Crippen LogP contribution is 2.39. The fraction of sp³-hybridized carbons (Fsp3) is 0.143. The molecule has 3 rings (SSSR count). The third-order valence-corrected chi connectivity index (χ3v) is 5.10. The van der Waals surface area contributed by atoms with Crippen molar-refractivity contribution in [3.8, 4) is 0 Å². The molecular formula is C14H10Cl2N2O2S. The predicted molar refractivity (Wildman–Crippen MR) is 85.3 cm³/mol. The van der Waals surface area contributed by atoms with Gasteiger partial charge in [-0.25, -0.2) is 0 Å². The molecule has 2 aromatic rings. The molecule has 1 aliphatic rings. The maximum absolute atomic E-state index is 11.6. The predicted octanol–water partition coefficient (Wildman–Crippen LogP) is 4.01. The second kappa shape index (κ2) is 5.67. The third-order valence-electron chi connectivity index (χ3n) is 3.08. The van der Waals surface area contributed by atoms with E-state index in [2.05, 4.69) is 10.6 Å². The molecular weight excluding hydrogens is 331 g/mol. The van der Waals surface area contributed by atoms with E-state index < -0.39 is 5.38 Å². The first-order valence-electron chi connectivity index (χ1n) is 6.15. The van der Waals surface area contributed by atoms with Gasteiger partial charge < -0.3 is 10.6 Å². The van der Waals surface area contributed by atoms with E-state index in [-0.39, 0.29) is 18.2 Å². The van der Waals surface area contributed by atoms with E-state index in [1.54, 1.807) is 18.2 Å². The number of carbonyl (C=O) groups excluding carboxylic acids is 2. The number of nitrogens with one attached hydrogen (secondary N) is 2. The SMILES string of the molecule is O=C1CC(=O)Nc2cc(C(Cl)c3sccc3Cl)ccc2N1. The van der Waals surface area contributed by atoms with Crippen LogP contribution in [0, 0.1) is 0 Å². The number of benzene rings is 1. The van der Waals surface area contributed by atoms with Crippen molar-refractivity contribution in [1.29, 1.82) is 0 Å². The van der Waals surface area contributed by atoms with E-state index in [1.807, 2.05) is 11.4 Å². The number of amides is 2. The van der Waals surface area contributed by atoms with Gasteiger partial charge in [-0.05, 0) is 29.1 Å². The van der Waals surface area contributed by atoms with E-state index in [0.29, 0.717) is 16.4 Å². The smallest absolute Gasteiger partial charge is 0.233 e. The molecule has 0 bridgehead atoms. The standard InChI is InChI=1S/C14H10Cl2N2O2S/c15-8-3-4-21-14(8)13(16)7-1-2-9-10(5-7)18-12(20)6-11(19)17-9/h1-5,13H,6H2,(H,17,19)(H,18,20). The minimum absolute atomic E-state index is 0.189. The van der Waals surface area contributed by atoms with Crippen molar-refractivity contribution in [2.75, 3.05) is 10.6 Å². The lowest BCUT2D eigenvalue weighted by atomic mass is 10.1. The average Bonchev–Trinajstić information content (AvgIpc) is 2.79. The number of alkyl halides is 1. The Hall–Kier alpha value is -1.56. The summed E-state index contributed by atoms with van der Waals surface area (Å²) in [6, 6.07) is 7.09. The molecule has 0 saturated carbocycles. The molecule has 1 aliphatic heterocycles. The Bertz CT molecular complexity index is 730. The second-order valence-corrected chi connectivity index (χ2v) is 6.36. The number of hydrogen-bond donors (Lipinski definition) is 2. The minimum atomic E-state index is -0.404. The Morgan fingerprint density at radius 2 is 1.81 bits per heavy atom. The molecule has 21 heavy (non-hydrogen) atoms. The van der Waals surface area contributed by atoms with Gasteiger partial charge in [0.15, 0.2) is 0 Å². The van der Waals surface area contributed by atoms with Crippen molar-refractivity contribution < 1.29 is 9.59 Å². The Balaban J connectivity index is 1.98. The normalized spacial score (nSPS) is 15.7. The molecule has 2 N–H and O–H groups in total. The lowest BCUT2D eigenvalue weighted by Gasteiger charge is -2.13. The van der Waals surface area contributed by atoms with Gasteiger partial charge in [-0.15, -0.1) is 22.9 Å². The third kappa shape index (κ3) is 2.90. The Morgan fingerprint density at radius 3 is 2.48 bits per heavy atom. The number of thiophene rings is 1. The van der Waals surface area contributed by atoms with Gasteiger partial charge in [-0.1, -0.05) is 17.7 Å². The summed E-state index contributed by atoms with van der Waals surface area (Å²) in [6.45, 7) is 0. The van der Waals surface area contributed by atoms with Crippen LogP contribution < -0.4 is 10.6 Å². The maximum atomic E-state index is 11.6. The molecule has 2 heterocycles. The zero-order valence-electron chi connectivity index (χ0n) is 10.7. The van der Waals surface area contributed by atoms with Crippen LogP contribution >= 0.6 is 34.5 Å². The topological polar surface area (TPSA) is 58.2 Å². The second-order valence-electron chi connectivity index (χ2n) is 4.57. The lowest BCUT2D eigenvalue weighted by Crippen LogP contribution is -2.16. The van der Waals surface area contributed by atoms with Crippen LogP contribution in [0.2, 0.25) is 5.02 Å². The van der Waals surface area contributed by atoms with E-state index in [9.17, 15) is 9.59 Å². The highest BCUT2D eigenvalue weighted by atomic mass is 35.5. The summed E-state index contributed by atoms with van der Waals surface area (Å²) in [5.41, 5.74) is 1.91. The van der Waals surface area contributed by atoms with Gasteiger partial charge in [0.25, 0.3) is 0 Å². The molecule has 0 radical (unpaired) electrons. The fourth-order valence-corrected chi connectivity index (χ4v) is 3.74. The number of rotatable bonds is 2. The fourth-order valence-electron chi connectivity index (χ4n) is 2.10. The molecule has 108 valence electrons. The molecule has 7 heteroatoms. The molecule has 0 saturated heterocycles. The monoisotopic (exact) mass is 340 g/mol. The van der Waals surface area contributed by atoms with Gasteiger partial charge in [-0.3, -0.25) is 9.59 Å². The number of fused-ring (bicyclic) bond motifs is 1. The molecule has 1 aromatic heterocycles. The quantitative estimate of drug-likeness (QED) is 0.640. The summed E-state index contributed by atoms with van der Waals surface area (Å²) in [4.78, 5) is 23.9. The summed E-state index contributed by atoms with van der Waals surface area (Å²) >= 11 is 14.0. The lowest BCUT2D eigenvalue weighted by molar-refractivity contribution is -0.123. The molecule has 0 fully saturated rings. The van der Waals surface area contributed by atoms with Crippen LogP contribution in [0.3, 0.4) is 0 Å². The first-order valence-corrected chi connectivity index (χ1v) is 7.84. The number of anilines is 2. The van der Waals surface area contributed by atoms with Crippen LogP contribution in [-0.2, 0) is 9.59 Å². The molecule has 4 nitrogen and oxygen atoms in total. The zero-order chi connectivity index (χ0) is 15.0. The summed E-state index contributed by atoms with van der Waals surface area (Å²) in [5.74, 6) is -0.675. The Morgan fingerprint density at radius 1 is 1.10 bits per heavy atom. The van der Waals surface area contributed by atoms with Gasteiger partial charge in [-0.2, -0.15) is 0 Å². The summed E-state index contributed by atoms with van der Waals surface area (Å²) in [6.07, 6.45) is -0.189. The van der Waals surface area contributed by atoms with Crippen LogP contribution in [0.1, 0.15) is 22.2 Å². The van der Waals surface area contributed by atoms with Crippen LogP contribution in [-0.4, -0.2) is 11.8 Å². The zero-order valence-corrected chi connectivity index (χ0v) is 13.0. The first kappa shape index (κ1) is 14.4. The molecule has 0 spiro atoms. The van der Waals surface area contributed by atoms with Crippen LogP contribution in [0.5, 0.6) is 0 Å². The minimum Gasteiger partial charge on any atom is -0.324 e. The molecule has 0 aliphatic carbocycles. The number of halogens is 2. The van der Waals surface area contributed by atoms with Gasteiger partial charge >= 0.3 is 0 Å². The van der Waals surface area contributed by atoms with Crippen molar-refractivity contribution in [2.45, 2.75) is 11.8 Å². The van der Waals surface area contributed by atoms with Crippen LogP contribution in [0.15, 0.2) is 29.6 Å². The van der Waals surface area contributed by atoms with Crippen molar-refractivity contribution in [3.63, 3.8) is 0 Å². The van der Waals surface area contributed by atoms with E-state index >= 15 is 0 Å². The summed E-state index contributed by atoms with van der Waals surface area (Å²) < 4.78 is 0. The molecule has 1 atom stereocenters. The van der Waals surface area contributed by atoms with Crippen LogP contribution in [0.25, 0.3) is 0 Å².